The monoisotopic (exact) mass is 616 g/mol. The van der Waals surface area contributed by atoms with Crippen molar-refractivity contribution in [3.63, 3.8) is 0 Å². The van der Waals surface area contributed by atoms with Gasteiger partial charge in [0.05, 0.1) is 44.2 Å². The van der Waals surface area contributed by atoms with Crippen LogP contribution in [-0.4, -0.2) is 47.4 Å². The Bertz CT molecular complexity index is 1680. The Morgan fingerprint density at radius 3 is 2.47 bits per heavy atom. The average molecular weight is 617 g/mol. The fraction of sp³-hybridized carbons (Fsp3) is 0.500. The second kappa shape index (κ2) is 13.5. The highest BCUT2D eigenvalue weighted by molar-refractivity contribution is 7.20. The first-order valence-electron chi connectivity index (χ1n) is 13.8. The number of thiophene rings is 1. The minimum Gasteiger partial charge on any atom is -0.496 e. The number of nitrogens with one attached hydrogen (secondary N) is 1. The topological polar surface area (TPSA) is 142 Å². The van der Waals surface area contributed by atoms with Crippen LogP contribution in [0.1, 0.15) is 68.4 Å². The number of carbonyl (C=O) groups is 2. The van der Waals surface area contributed by atoms with Gasteiger partial charge in [0.25, 0.3) is 5.56 Å². The van der Waals surface area contributed by atoms with Gasteiger partial charge in [0.2, 0.25) is 5.91 Å². The van der Waals surface area contributed by atoms with Crippen LogP contribution >= 0.6 is 11.3 Å². The molecule has 0 fully saturated rings. The molecule has 0 spiro atoms. The van der Waals surface area contributed by atoms with E-state index < -0.39 is 46.5 Å². The van der Waals surface area contributed by atoms with Crippen LogP contribution in [0.25, 0.3) is 10.2 Å². The number of carbonyl (C=O) groups excluding carboxylic acids is 2. The number of hydrogen-bond acceptors (Lipinski definition) is 9. The lowest BCUT2D eigenvalue weighted by atomic mass is 10.0. The first-order chi connectivity index (χ1) is 20.2. The molecule has 0 radical (unpaired) electrons. The predicted octanol–water partition coefficient (Wildman–Crippen LogP) is 4.03. The standard InChI is InChI=1S/C30H37FN4O7S/c1-9-41-27(37)24-18(5)23-25(36)35(30(6,7)28(38)33-16(2)3)29(39)34(26(23)43-24)14-22(42-15-17(4)13-32)20-12-19(31)10-11-21(20)40-8/h10-12,16-17,22H,9,14-15H2,1-8H3,(H,33,38). The second-order valence-corrected chi connectivity index (χ2v) is 11.9. The number of ether oxygens (including phenoxy) is 3. The molecular formula is C30H37FN4O7S. The van der Waals surface area contributed by atoms with E-state index in [9.17, 15) is 28.8 Å². The molecule has 13 heteroatoms. The summed E-state index contributed by atoms with van der Waals surface area (Å²) < 4.78 is 33.3. The molecule has 2 heterocycles. The van der Waals surface area contributed by atoms with E-state index in [0.717, 1.165) is 15.9 Å². The molecule has 1 amide bonds. The number of amides is 1. The van der Waals surface area contributed by atoms with Crippen LogP contribution in [0.15, 0.2) is 27.8 Å². The Morgan fingerprint density at radius 2 is 1.88 bits per heavy atom. The Labute approximate surface area is 252 Å². The molecule has 232 valence electrons. The van der Waals surface area contributed by atoms with Gasteiger partial charge in [0.1, 0.15) is 32.9 Å². The molecule has 0 aliphatic rings. The van der Waals surface area contributed by atoms with Crippen molar-refractivity contribution in [2.24, 2.45) is 5.92 Å². The molecule has 0 saturated carbocycles. The van der Waals surface area contributed by atoms with E-state index in [1.54, 1.807) is 34.6 Å². The summed E-state index contributed by atoms with van der Waals surface area (Å²) >= 11 is 0.906. The maximum Gasteiger partial charge on any atom is 0.348 e. The maximum absolute atomic E-state index is 14.5. The van der Waals surface area contributed by atoms with Crippen molar-refractivity contribution >= 4 is 33.4 Å². The number of benzene rings is 1. The number of rotatable bonds is 12. The van der Waals surface area contributed by atoms with Crippen LogP contribution in [0.4, 0.5) is 4.39 Å². The average Bonchev–Trinajstić information content (AvgIpc) is 3.29. The molecule has 2 unspecified atom stereocenters. The highest BCUT2D eigenvalue weighted by atomic mass is 32.1. The largest absolute Gasteiger partial charge is 0.496 e. The van der Waals surface area contributed by atoms with Crippen molar-refractivity contribution in [2.45, 2.75) is 72.7 Å². The van der Waals surface area contributed by atoms with Crippen molar-refractivity contribution in [3.8, 4) is 11.8 Å². The minimum atomic E-state index is -1.64. The third-order valence-electron chi connectivity index (χ3n) is 6.86. The van der Waals surface area contributed by atoms with Crippen molar-refractivity contribution in [2.75, 3.05) is 20.3 Å². The van der Waals surface area contributed by atoms with Gasteiger partial charge < -0.3 is 19.5 Å². The van der Waals surface area contributed by atoms with Gasteiger partial charge in [-0.1, -0.05) is 0 Å². The Kier molecular flexibility index (Phi) is 10.5. The van der Waals surface area contributed by atoms with Crippen LogP contribution < -0.4 is 21.3 Å². The maximum atomic E-state index is 14.5. The molecule has 1 aromatic carbocycles. The number of nitrogens with zero attached hydrogens (tertiary/aromatic N) is 3. The first-order valence-corrected chi connectivity index (χ1v) is 14.6. The molecule has 1 N–H and O–H groups in total. The summed E-state index contributed by atoms with van der Waals surface area (Å²) in [4.78, 5) is 54.7. The van der Waals surface area contributed by atoms with Crippen molar-refractivity contribution in [1.82, 2.24) is 14.5 Å². The lowest BCUT2D eigenvalue weighted by Gasteiger charge is -2.28. The third kappa shape index (κ3) is 6.81. The smallest absolute Gasteiger partial charge is 0.348 e. The van der Waals surface area contributed by atoms with Gasteiger partial charge in [-0.2, -0.15) is 5.26 Å². The van der Waals surface area contributed by atoms with E-state index in [2.05, 4.69) is 11.4 Å². The molecule has 0 aliphatic carbocycles. The lowest BCUT2D eigenvalue weighted by Crippen LogP contribution is -2.56. The van der Waals surface area contributed by atoms with E-state index in [4.69, 9.17) is 14.2 Å². The van der Waals surface area contributed by atoms with Gasteiger partial charge in [0.15, 0.2) is 0 Å². The van der Waals surface area contributed by atoms with Gasteiger partial charge in [0, 0.05) is 11.6 Å². The highest BCUT2D eigenvalue weighted by Gasteiger charge is 2.36. The molecule has 0 aliphatic heterocycles. The zero-order chi connectivity index (χ0) is 32.2. The highest BCUT2D eigenvalue weighted by Crippen LogP contribution is 2.34. The zero-order valence-electron chi connectivity index (χ0n) is 25.6. The first kappa shape index (κ1) is 33.5. The number of esters is 1. The van der Waals surface area contributed by atoms with Crippen molar-refractivity contribution < 1.29 is 28.2 Å². The molecule has 3 rings (SSSR count). The molecule has 2 atom stereocenters. The summed E-state index contributed by atoms with van der Waals surface area (Å²) in [6, 6.07) is 5.65. The molecular weight excluding hydrogens is 579 g/mol. The van der Waals surface area contributed by atoms with Gasteiger partial charge >= 0.3 is 11.7 Å². The van der Waals surface area contributed by atoms with Crippen molar-refractivity contribution in [1.29, 1.82) is 5.26 Å². The molecule has 11 nitrogen and oxygen atoms in total. The van der Waals surface area contributed by atoms with E-state index in [1.807, 2.05) is 0 Å². The van der Waals surface area contributed by atoms with Crippen LogP contribution in [-0.2, 0) is 26.4 Å². The number of fused-ring (bicyclic) bond motifs is 1. The predicted molar refractivity (Wildman–Crippen MR) is 160 cm³/mol. The molecule has 0 saturated heterocycles. The fourth-order valence-corrected chi connectivity index (χ4v) is 5.79. The summed E-state index contributed by atoms with van der Waals surface area (Å²) in [6.45, 7) is 11.1. The van der Waals surface area contributed by atoms with E-state index in [0.29, 0.717) is 5.56 Å². The number of aromatic nitrogens is 2. The van der Waals surface area contributed by atoms with E-state index in [1.165, 1.54) is 43.7 Å². The summed E-state index contributed by atoms with van der Waals surface area (Å²) in [7, 11) is 1.40. The summed E-state index contributed by atoms with van der Waals surface area (Å²) in [5, 5.41) is 12.2. The Morgan fingerprint density at radius 1 is 1.21 bits per heavy atom. The number of nitriles is 1. The van der Waals surface area contributed by atoms with Crippen molar-refractivity contribution in [3.05, 3.63) is 60.9 Å². The Hall–Kier alpha value is -4.02. The third-order valence-corrected chi connectivity index (χ3v) is 8.16. The van der Waals surface area contributed by atoms with Crippen LogP contribution in [0.3, 0.4) is 0 Å². The molecule has 43 heavy (non-hydrogen) atoms. The van der Waals surface area contributed by atoms with E-state index >= 15 is 0 Å². The van der Waals surface area contributed by atoms with Gasteiger partial charge in [-0.05, 0) is 72.2 Å². The number of methoxy groups -OCH3 is 1. The summed E-state index contributed by atoms with van der Waals surface area (Å²) in [6.07, 6.45) is -1.03. The van der Waals surface area contributed by atoms with Gasteiger partial charge in [-0.15, -0.1) is 11.3 Å². The van der Waals surface area contributed by atoms with Crippen LogP contribution in [0.5, 0.6) is 5.75 Å². The van der Waals surface area contributed by atoms with Gasteiger partial charge in [-0.25, -0.2) is 18.5 Å². The number of halogens is 1. The fourth-order valence-electron chi connectivity index (χ4n) is 4.59. The van der Waals surface area contributed by atoms with Crippen LogP contribution in [0, 0.1) is 30.0 Å². The quantitative estimate of drug-likeness (QED) is 0.301. The zero-order valence-corrected chi connectivity index (χ0v) is 26.4. The lowest BCUT2D eigenvalue weighted by molar-refractivity contribution is -0.129. The second-order valence-electron chi connectivity index (χ2n) is 10.9. The minimum absolute atomic E-state index is 0.0573. The Balaban J connectivity index is 2.40. The van der Waals surface area contributed by atoms with E-state index in [-0.39, 0.29) is 52.2 Å². The summed E-state index contributed by atoms with van der Waals surface area (Å²) in [5.41, 5.74) is -2.67. The molecule has 2 aromatic heterocycles. The molecule has 3 aromatic rings. The number of hydrogen-bond donors (Lipinski definition) is 1. The van der Waals surface area contributed by atoms with Crippen LogP contribution in [0.2, 0.25) is 0 Å². The normalized spacial score (nSPS) is 13.0. The SMILES string of the molecule is CCOC(=O)c1sc2c(c1C)c(=O)n(C(C)(C)C(=O)NC(C)C)c(=O)n2CC(OCC(C)C#N)c1cc(F)ccc1OC. The van der Waals surface area contributed by atoms with Gasteiger partial charge in [-0.3, -0.25) is 14.2 Å². The molecule has 0 bridgehead atoms. The number of aryl methyl sites for hydroxylation is 1. The summed E-state index contributed by atoms with van der Waals surface area (Å²) in [5.74, 6) is -2.06.